The lowest BCUT2D eigenvalue weighted by molar-refractivity contribution is 0.915. The Morgan fingerprint density at radius 1 is 1.54 bits per heavy atom. The summed E-state index contributed by atoms with van der Waals surface area (Å²) in [6.07, 6.45) is 4.51. The largest absolute Gasteiger partial charge is 0.330 e. The second-order valence-corrected chi connectivity index (χ2v) is 2.99. The van der Waals surface area contributed by atoms with E-state index in [1.807, 2.05) is 19.2 Å². The van der Waals surface area contributed by atoms with Crippen molar-refractivity contribution in [1.82, 2.24) is 14.6 Å². The zero-order valence-corrected chi connectivity index (χ0v) is 7.57. The lowest BCUT2D eigenvalue weighted by atomic mass is 10.2. The van der Waals surface area contributed by atoms with Crippen molar-refractivity contribution >= 4 is 5.65 Å². The van der Waals surface area contributed by atoms with Gasteiger partial charge in [-0.2, -0.15) is 5.10 Å². The van der Waals surface area contributed by atoms with E-state index in [-0.39, 0.29) is 0 Å². The average molecular weight is 176 g/mol. The van der Waals surface area contributed by atoms with Gasteiger partial charge >= 0.3 is 0 Å². The maximum atomic E-state index is 5.51. The fourth-order valence-electron chi connectivity index (χ4n) is 1.48. The third kappa shape index (κ3) is 1.29. The molecule has 0 fully saturated rings. The molecule has 0 amide bonds. The molecule has 0 saturated heterocycles. The first-order chi connectivity index (χ1) is 6.33. The second-order valence-electron chi connectivity index (χ2n) is 2.99. The third-order valence-corrected chi connectivity index (χ3v) is 2.09. The number of hydrogen-bond acceptors (Lipinski definition) is 3. The van der Waals surface area contributed by atoms with E-state index >= 15 is 0 Å². The van der Waals surface area contributed by atoms with E-state index in [1.165, 1.54) is 0 Å². The molecule has 0 radical (unpaired) electrons. The van der Waals surface area contributed by atoms with Crippen LogP contribution in [0.4, 0.5) is 0 Å². The molecule has 4 heteroatoms. The molecule has 0 spiro atoms. The molecule has 0 aliphatic carbocycles. The molecule has 0 aromatic carbocycles. The van der Waals surface area contributed by atoms with E-state index in [0.29, 0.717) is 6.54 Å². The van der Waals surface area contributed by atoms with Crippen LogP contribution in [0.15, 0.2) is 18.5 Å². The van der Waals surface area contributed by atoms with Gasteiger partial charge in [0.15, 0.2) is 5.65 Å². The smallest absolute Gasteiger partial charge is 0.158 e. The van der Waals surface area contributed by atoms with E-state index in [4.69, 9.17) is 5.73 Å². The Labute approximate surface area is 76.4 Å². The summed E-state index contributed by atoms with van der Waals surface area (Å²) >= 11 is 0. The van der Waals surface area contributed by atoms with Crippen LogP contribution in [0.2, 0.25) is 0 Å². The average Bonchev–Trinajstić information content (AvgIpc) is 2.44. The van der Waals surface area contributed by atoms with Crippen molar-refractivity contribution in [2.75, 3.05) is 6.54 Å². The normalized spacial score (nSPS) is 10.9. The number of aromatic nitrogens is 3. The van der Waals surface area contributed by atoms with Gasteiger partial charge in [-0.05, 0) is 26.0 Å². The van der Waals surface area contributed by atoms with Gasteiger partial charge in [-0.1, -0.05) is 0 Å². The quantitative estimate of drug-likeness (QED) is 0.726. The van der Waals surface area contributed by atoms with Crippen LogP contribution in [0.1, 0.15) is 11.3 Å². The van der Waals surface area contributed by atoms with Crippen LogP contribution in [0.5, 0.6) is 0 Å². The van der Waals surface area contributed by atoms with Gasteiger partial charge in [0.05, 0.1) is 5.69 Å². The number of aryl methyl sites for hydroxylation is 1. The number of nitrogens with two attached hydrogens (primary N) is 1. The molecule has 0 atom stereocenters. The summed E-state index contributed by atoms with van der Waals surface area (Å²) in [6, 6.07) is 1.87. The molecule has 0 saturated carbocycles. The van der Waals surface area contributed by atoms with E-state index < -0.39 is 0 Å². The van der Waals surface area contributed by atoms with E-state index in [1.54, 1.807) is 10.7 Å². The van der Waals surface area contributed by atoms with Gasteiger partial charge in [0.2, 0.25) is 0 Å². The van der Waals surface area contributed by atoms with Crippen molar-refractivity contribution in [3.63, 3.8) is 0 Å². The molecule has 4 nitrogen and oxygen atoms in total. The SMILES string of the molecule is Cc1nn2cccnc2c1CCN. The van der Waals surface area contributed by atoms with Crippen LogP contribution >= 0.6 is 0 Å². The molecule has 0 bridgehead atoms. The Balaban J connectivity index is 2.64. The highest BCUT2D eigenvalue weighted by molar-refractivity contribution is 5.49. The predicted molar refractivity (Wildman–Crippen MR) is 50.5 cm³/mol. The number of hydrogen-bond donors (Lipinski definition) is 1. The van der Waals surface area contributed by atoms with Crippen molar-refractivity contribution in [2.24, 2.45) is 5.73 Å². The summed E-state index contributed by atoms with van der Waals surface area (Å²) in [5, 5.41) is 4.33. The zero-order chi connectivity index (χ0) is 9.26. The Kier molecular flexibility index (Phi) is 1.98. The predicted octanol–water partition coefficient (Wildman–Crippen LogP) is 0.539. The third-order valence-electron chi connectivity index (χ3n) is 2.09. The molecular formula is C9H12N4. The highest BCUT2D eigenvalue weighted by Crippen LogP contribution is 2.12. The highest BCUT2D eigenvalue weighted by Gasteiger charge is 2.07. The molecule has 13 heavy (non-hydrogen) atoms. The summed E-state index contributed by atoms with van der Waals surface area (Å²) in [6.45, 7) is 2.62. The van der Waals surface area contributed by atoms with Crippen LogP contribution in [0, 0.1) is 6.92 Å². The summed E-state index contributed by atoms with van der Waals surface area (Å²) in [4.78, 5) is 4.27. The van der Waals surface area contributed by atoms with Crippen LogP contribution in [0.3, 0.4) is 0 Å². The van der Waals surface area contributed by atoms with Crippen molar-refractivity contribution in [3.8, 4) is 0 Å². The van der Waals surface area contributed by atoms with Crippen molar-refractivity contribution in [3.05, 3.63) is 29.7 Å². The molecule has 2 rings (SSSR count). The molecule has 0 aliphatic heterocycles. The molecule has 0 unspecified atom stereocenters. The summed E-state index contributed by atoms with van der Waals surface area (Å²) in [5.41, 5.74) is 8.61. The first kappa shape index (κ1) is 8.19. The minimum absolute atomic E-state index is 0.638. The molecular weight excluding hydrogens is 164 g/mol. The second kappa shape index (κ2) is 3.14. The molecule has 0 aliphatic rings. The summed E-state index contributed by atoms with van der Waals surface area (Å²) in [5.74, 6) is 0. The van der Waals surface area contributed by atoms with Crippen LogP contribution < -0.4 is 5.73 Å². The highest BCUT2D eigenvalue weighted by atomic mass is 15.2. The fourth-order valence-corrected chi connectivity index (χ4v) is 1.48. The van der Waals surface area contributed by atoms with Gasteiger partial charge < -0.3 is 5.73 Å². The Morgan fingerprint density at radius 3 is 3.15 bits per heavy atom. The molecule has 2 heterocycles. The van der Waals surface area contributed by atoms with Crippen LogP contribution in [0.25, 0.3) is 5.65 Å². The molecule has 2 aromatic rings. The van der Waals surface area contributed by atoms with Gasteiger partial charge in [0.25, 0.3) is 0 Å². The van der Waals surface area contributed by atoms with Crippen molar-refractivity contribution in [1.29, 1.82) is 0 Å². The van der Waals surface area contributed by atoms with Crippen LogP contribution in [-0.4, -0.2) is 21.1 Å². The first-order valence-electron chi connectivity index (χ1n) is 4.32. The lowest BCUT2D eigenvalue weighted by Gasteiger charge is -1.94. The van der Waals surface area contributed by atoms with Gasteiger partial charge in [-0.3, -0.25) is 0 Å². The van der Waals surface area contributed by atoms with E-state index in [2.05, 4.69) is 10.1 Å². The van der Waals surface area contributed by atoms with Gasteiger partial charge in [-0.15, -0.1) is 0 Å². The Bertz CT molecular complexity index is 418. The minimum Gasteiger partial charge on any atom is -0.330 e. The Morgan fingerprint density at radius 2 is 2.38 bits per heavy atom. The Hall–Kier alpha value is -1.42. The maximum Gasteiger partial charge on any atom is 0.158 e. The molecule has 2 aromatic heterocycles. The van der Waals surface area contributed by atoms with Crippen LogP contribution in [-0.2, 0) is 6.42 Å². The maximum absolute atomic E-state index is 5.51. The first-order valence-corrected chi connectivity index (χ1v) is 4.32. The number of rotatable bonds is 2. The number of nitrogens with zero attached hydrogens (tertiary/aromatic N) is 3. The monoisotopic (exact) mass is 176 g/mol. The van der Waals surface area contributed by atoms with Crippen molar-refractivity contribution < 1.29 is 0 Å². The van der Waals surface area contributed by atoms with Gasteiger partial charge in [-0.25, -0.2) is 9.50 Å². The minimum atomic E-state index is 0.638. The fraction of sp³-hybridized carbons (Fsp3) is 0.333. The summed E-state index contributed by atoms with van der Waals surface area (Å²) in [7, 11) is 0. The topological polar surface area (TPSA) is 56.2 Å². The van der Waals surface area contributed by atoms with E-state index in [9.17, 15) is 0 Å². The lowest BCUT2D eigenvalue weighted by Crippen LogP contribution is -2.03. The number of fused-ring (bicyclic) bond motifs is 1. The summed E-state index contributed by atoms with van der Waals surface area (Å²) < 4.78 is 1.79. The molecule has 2 N–H and O–H groups in total. The van der Waals surface area contributed by atoms with Gasteiger partial charge in [0, 0.05) is 18.0 Å². The van der Waals surface area contributed by atoms with E-state index in [0.717, 1.165) is 23.3 Å². The molecule has 68 valence electrons. The zero-order valence-electron chi connectivity index (χ0n) is 7.57. The van der Waals surface area contributed by atoms with Crippen molar-refractivity contribution in [2.45, 2.75) is 13.3 Å². The van der Waals surface area contributed by atoms with Gasteiger partial charge in [0.1, 0.15) is 0 Å². The standard InChI is InChI=1S/C9H12N4/c1-7-8(3-4-10)9-11-5-2-6-13(9)12-7/h2,5-6H,3-4,10H2,1H3.